The van der Waals surface area contributed by atoms with Gasteiger partial charge in [-0.05, 0) is 34.9 Å². The van der Waals surface area contributed by atoms with Crippen molar-refractivity contribution in [2.75, 3.05) is 0 Å². The van der Waals surface area contributed by atoms with Gasteiger partial charge in [0, 0.05) is 41.7 Å². The van der Waals surface area contributed by atoms with Gasteiger partial charge in [-0.1, -0.05) is 60.7 Å². The standard InChI is InChI=1S/C30H24F2N4O4S2/c31-30(32)16-22(30)15-25-24(13-18-9-11-23(12-10-18)42(33,39)40)27(36(35-25)29-34-26(17-41-29)28(37)38)21-8-4-7-20(14-21)19-5-2-1-3-6-19/h1-12,14,17,22H,13,15-16H2,(H,37,38)(H2,33,39,40). The lowest BCUT2D eigenvalue weighted by Crippen LogP contribution is -2.12. The predicted molar refractivity (Wildman–Crippen MR) is 154 cm³/mol. The van der Waals surface area contributed by atoms with Crippen LogP contribution < -0.4 is 5.14 Å². The number of nitrogens with two attached hydrogens (primary N) is 1. The first-order valence-corrected chi connectivity index (χ1v) is 15.4. The molecule has 42 heavy (non-hydrogen) atoms. The molecule has 0 spiro atoms. The van der Waals surface area contributed by atoms with E-state index in [1.54, 1.807) is 12.1 Å². The van der Waals surface area contributed by atoms with Gasteiger partial charge in [0.2, 0.25) is 15.2 Å². The number of hydrogen-bond acceptors (Lipinski definition) is 6. The highest BCUT2D eigenvalue weighted by Crippen LogP contribution is 2.51. The molecule has 1 unspecified atom stereocenters. The number of sulfonamides is 1. The van der Waals surface area contributed by atoms with E-state index in [-0.39, 0.29) is 35.0 Å². The van der Waals surface area contributed by atoms with E-state index in [1.807, 2.05) is 54.6 Å². The first-order valence-electron chi connectivity index (χ1n) is 12.9. The van der Waals surface area contributed by atoms with Crippen LogP contribution in [0.5, 0.6) is 0 Å². The summed E-state index contributed by atoms with van der Waals surface area (Å²) in [5.41, 5.74) is 4.91. The summed E-state index contributed by atoms with van der Waals surface area (Å²) in [7, 11) is -3.89. The number of halogens is 2. The third-order valence-corrected chi connectivity index (χ3v) is 8.98. The van der Waals surface area contributed by atoms with E-state index >= 15 is 0 Å². The van der Waals surface area contributed by atoms with Gasteiger partial charge in [0.25, 0.3) is 5.92 Å². The zero-order valence-corrected chi connectivity index (χ0v) is 23.6. The molecular formula is C30H24F2N4O4S2. The summed E-state index contributed by atoms with van der Waals surface area (Å²) in [4.78, 5) is 15.8. The monoisotopic (exact) mass is 606 g/mol. The number of nitrogens with zero attached hydrogens (tertiary/aromatic N) is 3. The number of carboxylic acid groups (broad SMARTS) is 1. The molecule has 0 saturated heterocycles. The second-order valence-corrected chi connectivity index (χ2v) is 12.6. The van der Waals surface area contributed by atoms with E-state index in [4.69, 9.17) is 10.2 Å². The molecule has 2 heterocycles. The molecule has 3 N–H and O–H groups in total. The molecule has 0 amide bonds. The number of aromatic carboxylic acids is 1. The zero-order chi connectivity index (χ0) is 29.6. The first-order chi connectivity index (χ1) is 20.0. The summed E-state index contributed by atoms with van der Waals surface area (Å²) in [6.07, 6.45) is 0.0370. The lowest BCUT2D eigenvalue weighted by molar-refractivity contribution is 0.0691. The van der Waals surface area contributed by atoms with Crippen LogP contribution in [0.1, 0.15) is 33.7 Å². The number of rotatable bonds is 9. The molecule has 3 aromatic carbocycles. The Bertz CT molecular complexity index is 1900. The van der Waals surface area contributed by atoms with E-state index in [9.17, 15) is 27.1 Å². The Labute approximate surface area is 244 Å². The molecule has 1 saturated carbocycles. The fraction of sp³-hybridized carbons (Fsp3) is 0.167. The van der Waals surface area contributed by atoms with Gasteiger partial charge in [0.1, 0.15) is 0 Å². The number of hydrogen-bond donors (Lipinski definition) is 2. The second-order valence-electron chi connectivity index (χ2n) is 10.2. The van der Waals surface area contributed by atoms with Gasteiger partial charge in [-0.3, -0.25) is 0 Å². The van der Waals surface area contributed by atoms with E-state index in [0.717, 1.165) is 33.6 Å². The Morgan fingerprint density at radius 2 is 1.69 bits per heavy atom. The number of benzene rings is 3. The smallest absolute Gasteiger partial charge is 0.355 e. The van der Waals surface area contributed by atoms with Gasteiger partial charge in [-0.15, -0.1) is 11.3 Å². The van der Waals surface area contributed by atoms with Gasteiger partial charge in [0.15, 0.2) is 5.69 Å². The van der Waals surface area contributed by atoms with Crippen LogP contribution >= 0.6 is 11.3 Å². The number of thiazole rings is 1. The molecule has 2 aromatic heterocycles. The largest absolute Gasteiger partial charge is 0.476 e. The van der Waals surface area contributed by atoms with Crippen molar-refractivity contribution in [2.24, 2.45) is 11.1 Å². The highest BCUT2D eigenvalue weighted by atomic mass is 32.2. The van der Waals surface area contributed by atoms with Crippen molar-refractivity contribution in [3.63, 3.8) is 0 Å². The molecule has 5 aromatic rings. The summed E-state index contributed by atoms with van der Waals surface area (Å²) >= 11 is 1.09. The topological polar surface area (TPSA) is 128 Å². The van der Waals surface area contributed by atoms with Crippen LogP contribution in [0, 0.1) is 5.92 Å². The van der Waals surface area contributed by atoms with Crippen LogP contribution in [-0.2, 0) is 22.9 Å². The molecule has 1 atom stereocenters. The summed E-state index contributed by atoms with van der Waals surface area (Å²) in [5, 5.41) is 21.2. The number of carboxylic acids is 1. The number of alkyl halides is 2. The summed E-state index contributed by atoms with van der Waals surface area (Å²) < 4.78 is 53.3. The Morgan fingerprint density at radius 3 is 2.31 bits per heavy atom. The molecule has 0 bridgehead atoms. The van der Waals surface area contributed by atoms with Gasteiger partial charge < -0.3 is 5.11 Å². The third-order valence-electron chi connectivity index (χ3n) is 7.23. The molecule has 1 aliphatic carbocycles. The lowest BCUT2D eigenvalue weighted by Gasteiger charge is -2.11. The van der Waals surface area contributed by atoms with Crippen molar-refractivity contribution < 1.29 is 27.1 Å². The van der Waals surface area contributed by atoms with E-state index in [0.29, 0.717) is 17.0 Å². The van der Waals surface area contributed by atoms with E-state index < -0.39 is 27.8 Å². The van der Waals surface area contributed by atoms with E-state index in [2.05, 4.69) is 4.98 Å². The summed E-state index contributed by atoms with van der Waals surface area (Å²) in [6, 6.07) is 23.5. The summed E-state index contributed by atoms with van der Waals surface area (Å²) in [6.45, 7) is 0. The van der Waals surface area contributed by atoms with Crippen LogP contribution in [0.4, 0.5) is 8.78 Å². The zero-order valence-electron chi connectivity index (χ0n) is 21.9. The first kappa shape index (κ1) is 27.9. The molecule has 1 fully saturated rings. The normalized spacial score (nSPS) is 15.9. The molecule has 0 radical (unpaired) electrons. The molecule has 6 rings (SSSR count). The maximum atomic E-state index is 14.1. The van der Waals surface area contributed by atoms with Gasteiger partial charge >= 0.3 is 5.97 Å². The minimum absolute atomic E-state index is 0.0210. The Hall–Kier alpha value is -4.26. The van der Waals surface area contributed by atoms with Gasteiger partial charge in [0.05, 0.1) is 16.3 Å². The Kier molecular flexibility index (Phi) is 7.00. The van der Waals surface area contributed by atoms with Crippen molar-refractivity contribution in [2.45, 2.75) is 30.1 Å². The van der Waals surface area contributed by atoms with Gasteiger partial charge in [-0.2, -0.15) is 5.10 Å². The van der Waals surface area contributed by atoms with Crippen molar-refractivity contribution >= 4 is 27.3 Å². The minimum Gasteiger partial charge on any atom is -0.476 e. The van der Waals surface area contributed by atoms with Crippen LogP contribution in [-0.4, -0.2) is 40.2 Å². The number of aromatic nitrogens is 3. The molecule has 0 aliphatic heterocycles. The highest BCUT2D eigenvalue weighted by molar-refractivity contribution is 7.89. The van der Waals surface area contributed by atoms with Crippen molar-refractivity contribution in [1.29, 1.82) is 0 Å². The molecule has 12 heteroatoms. The SMILES string of the molecule is NS(=O)(=O)c1ccc(Cc2c(CC3CC3(F)F)nn(-c3nc(C(=O)O)cs3)c2-c2cccc(-c3ccccc3)c2)cc1. The molecule has 1 aliphatic rings. The quantitative estimate of drug-likeness (QED) is 0.218. The van der Waals surface area contributed by atoms with Crippen molar-refractivity contribution in [3.8, 4) is 27.5 Å². The Morgan fingerprint density at radius 1 is 1.02 bits per heavy atom. The Balaban J connectivity index is 1.54. The molecule has 214 valence electrons. The predicted octanol–water partition coefficient (Wildman–Crippen LogP) is 5.80. The fourth-order valence-electron chi connectivity index (χ4n) is 4.94. The van der Waals surface area contributed by atoms with Crippen LogP contribution in [0.15, 0.2) is 89.1 Å². The van der Waals surface area contributed by atoms with Crippen LogP contribution in [0.3, 0.4) is 0 Å². The average molecular weight is 607 g/mol. The number of primary sulfonamides is 1. The van der Waals surface area contributed by atoms with Crippen LogP contribution in [0.25, 0.3) is 27.5 Å². The number of carbonyl (C=O) groups is 1. The van der Waals surface area contributed by atoms with Crippen molar-refractivity contribution in [1.82, 2.24) is 14.8 Å². The highest BCUT2D eigenvalue weighted by Gasteiger charge is 2.56. The average Bonchev–Trinajstić information content (AvgIpc) is 3.28. The van der Waals surface area contributed by atoms with Crippen LogP contribution in [0.2, 0.25) is 0 Å². The molecular weight excluding hydrogens is 582 g/mol. The van der Waals surface area contributed by atoms with Crippen molar-refractivity contribution in [3.05, 3.63) is 107 Å². The maximum absolute atomic E-state index is 14.1. The molecule has 8 nitrogen and oxygen atoms in total. The second kappa shape index (κ2) is 10.5. The minimum atomic E-state index is -3.89. The fourth-order valence-corrected chi connectivity index (χ4v) is 6.21. The lowest BCUT2D eigenvalue weighted by atomic mass is 9.95. The van der Waals surface area contributed by atoms with Gasteiger partial charge in [-0.25, -0.2) is 36.8 Å². The maximum Gasteiger partial charge on any atom is 0.355 e. The third kappa shape index (κ3) is 5.60. The van der Waals surface area contributed by atoms with E-state index in [1.165, 1.54) is 22.2 Å². The summed E-state index contributed by atoms with van der Waals surface area (Å²) in [5.74, 6) is -4.83.